The number of hydrogen-bond acceptors (Lipinski definition) is 1. The van der Waals surface area contributed by atoms with Gasteiger partial charge in [0.15, 0.2) is 5.82 Å². The third-order valence-electron chi connectivity index (χ3n) is 2.97. The van der Waals surface area contributed by atoms with Crippen molar-refractivity contribution in [1.82, 2.24) is 9.38 Å². The molecule has 0 saturated carbocycles. The second kappa shape index (κ2) is 4.98. The molecule has 0 spiro atoms. The van der Waals surface area contributed by atoms with Gasteiger partial charge in [-0.3, -0.25) is 4.40 Å². The lowest BCUT2D eigenvalue weighted by atomic mass is 10.1. The van der Waals surface area contributed by atoms with Gasteiger partial charge in [0.25, 0.3) is 0 Å². The van der Waals surface area contributed by atoms with E-state index in [1.807, 2.05) is 28.8 Å². The Hall–Kier alpha value is -2.74. The fourth-order valence-corrected chi connectivity index (χ4v) is 1.91. The number of rotatable bonds is 0. The Morgan fingerprint density at radius 2 is 1.71 bits per heavy atom. The molecular formula is C16H9F3N2. The Bertz CT molecular complexity index is 834. The van der Waals surface area contributed by atoms with Crippen molar-refractivity contribution in [2.24, 2.45) is 0 Å². The molecule has 0 aliphatic carbocycles. The minimum absolute atomic E-state index is 0.510. The van der Waals surface area contributed by atoms with Crippen LogP contribution in [-0.2, 0) is 6.18 Å². The van der Waals surface area contributed by atoms with Crippen LogP contribution in [0.3, 0.4) is 0 Å². The molecule has 3 rings (SSSR count). The number of fused-ring (bicyclic) bond motifs is 1. The Labute approximate surface area is 118 Å². The Morgan fingerprint density at radius 3 is 2.43 bits per heavy atom. The molecule has 0 aliphatic heterocycles. The van der Waals surface area contributed by atoms with Crippen molar-refractivity contribution in [2.75, 3.05) is 0 Å². The summed E-state index contributed by atoms with van der Waals surface area (Å²) in [5, 5.41) is 0. The molecule has 1 aromatic carbocycles. The summed E-state index contributed by atoms with van der Waals surface area (Å²) >= 11 is 0. The lowest BCUT2D eigenvalue weighted by Crippen LogP contribution is -2.04. The summed E-state index contributed by atoms with van der Waals surface area (Å²) in [6, 6.07) is 10.4. The maximum atomic E-state index is 12.5. The highest BCUT2D eigenvalue weighted by Crippen LogP contribution is 2.28. The predicted molar refractivity (Wildman–Crippen MR) is 72.6 cm³/mol. The zero-order chi connectivity index (χ0) is 14.9. The third-order valence-corrected chi connectivity index (χ3v) is 2.97. The maximum Gasteiger partial charge on any atom is 0.416 e. The van der Waals surface area contributed by atoms with Crippen LogP contribution < -0.4 is 0 Å². The van der Waals surface area contributed by atoms with Crippen molar-refractivity contribution in [1.29, 1.82) is 0 Å². The largest absolute Gasteiger partial charge is 0.416 e. The molecule has 0 unspecified atom stereocenters. The van der Waals surface area contributed by atoms with Crippen molar-refractivity contribution in [3.8, 4) is 11.8 Å². The lowest BCUT2D eigenvalue weighted by Gasteiger charge is -2.05. The lowest BCUT2D eigenvalue weighted by molar-refractivity contribution is -0.137. The fourth-order valence-electron chi connectivity index (χ4n) is 1.91. The van der Waals surface area contributed by atoms with Crippen LogP contribution in [0.2, 0.25) is 0 Å². The Morgan fingerprint density at radius 1 is 0.952 bits per heavy atom. The van der Waals surface area contributed by atoms with Gasteiger partial charge < -0.3 is 0 Å². The first-order valence-electron chi connectivity index (χ1n) is 6.15. The Balaban J connectivity index is 1.91. The van der Waals surface area contributed by atoms with E-state index in [9.17, 15) is 13.2 Å². The first-order chi connectivity index (χ1) is 10.0. The van der Waals surface area contributed by atoms with Gasteiger partial charge in [0.05, 0.1) is 17.3 Å². The molecule has 0 bridgehead atoms. The van der Waals surface area contributed by atoms with Crippen LogP contribution in [0.15, 0.2) is 54.9 Å². The van der Waals surface area contributed by atoms with Crippen LogP contribution in [0.1, 0.15) is 17.0 Å². The molecule has 2 nitrogen and oxygen atoms in total. The van der Waals surface area contributed by atoms with Crippen LogP contribution in [0.25, 0.3) is 5.52 Å². The second-order valence-corrected chi connectivity index (χ2v) is 4.40. The fraction of sp³-hybridized carbons (Fsp3) is 0.0625. The second-order valence-electron chi connectivity index (χ2n) is 4.40. The molecule has 3 aromatic rings. The molecule has 0 fully saturated rings. The Kier molecular flexibility index (Phi) is 3.15. The zero-order valence-electron chi connectivity index (χ0n) is 10.7. The first-order valence-corrected chi connectivity index (χ1v) is 6.15. The highest BCUT2D eigenvalue weighted by molar-refractivity contribution is 5.49. The molecule has 0 aliphatic rings. The summed E-state index contributed by atoms with van der Waals surface area (Å²) in [6.45, 7) is 0. The average Bonchev–Trinajstić information content (AvgIpc) is 2.88. The zero-order valence-corrected chi connectivity index (χ0v) is 10.7. The SMILES string of the molecule is FC(F)(F)c1ccc(C#Cc2ncc3ccccn23)cc1. The van der Waals surface area contributed by atoms with E-state index in [-0.39, 0.29) is 0 Å². The van der Waals surface area contributed by atoms with E-state index in [1.54, 1.807) is 6.20 Å². The standard InChI is InChI=1S/C16H9F3N2/c17-16(18,19)13-7-4-12(5-8-13)6-9-15-20-11-14-3-1-2-10-21(14)15/h1-5,7-8,10-11H. The molecular weight excluding hydrogens is 277 g/mol. The molecule has 0 amide bonds. The molecule has 0 N–H and O–H groups in total. The van der Waals surface area contributed by atoms with Gasteiger partial charge in [0.1, 0.15) is 0 Å². The van der Waals surface area contributed by atoms with Crippen molar-refractivity contribution < 1.29 is 13.2 Å². The van der Waals surface area contributed by atoms with Gasteiger partial charge in [-0.05, 0) is 42.3 Å². The number of imidazole rings is 1. The predicted octanol–water partition coefficient (Wildman–Crippen LogP) is 3.75. The van der Waals surface area contributed by atoms with Gasteiger partial charge in [-0.15, -0.1) is 0 Å². The average molecular weight is 286 g/mol. The van der Waals surface area contributed by atoms with Gasteiger partial charge in [0.2, 0.25) is 0 Å². The van der Waals surface area contributed by atoms with Crippen LogP contribution in [-0.4, -0.2) is 9.38 Å². The number of halogens is 3. The molecule has 2 heterocycles. The number of alkyl halides is 3. The topological polar surface area (TPSA) is 17.3 Å². The monoisotopic (exact) mass is 286 g/mol. The number of hydrogen-bond donors (Lipinski definition) is 0. The van der Waals surface area contributed by atoms with E-state index in [4.69, 9.17) is 0 Å². The molecule has 0 saturated heterocycles. The number of benzene rings is 1. The number of aromatic nitrogens is 2. The summed E-state index contributed by atoms with van der Waals surface area (Å²) < 4.78 is 39.2. The van der Waals surface area contributed by atoms with Crippen molar-refractivity contribution in [3.63, 3.8) is 0 Å². The van der Waals surface area contributed by atoms with E-state index in [2.05, 4.69) is 16.8 Å². The van der Waals surface area contributed by atoms with E-state index >= 15 is 0 Å². The summed E-state index contributed by atoms with van der Waals surface area (Å²) in [5.41, 5.74) is 0.740. The van der Waals surface area contributed by atoms with Crippen LogP contribution in [0.4, 0.5) is 13.2 Å². The first kappa shape index (κ1) is 13.3. The quantitative estimate of drug-likeness (QED) is 0.575. The van der Waals surface area contributed by atoms with Gasteiger partial charge in [0, 0.05) is 11.8 Å². The molecule has 5 heteroatoms. The van der Waals surface area contributed by atoms with Crippen LogP contribution in [0.5, 0.6) is 0 Å². The van der Waals surface area contributed by atoms with E-state index in [1.165, 1.54) is 12.1 Å². The highest BCUT2D eigenvalue weighted by atomic mass is 19.4. The maximum absolute atomic E-state index is 12.5. The van der Waals surface area contributed by atoms with Gasteiger partial charge in [-0.1, -0.05) is 12.0 Å². The van der Waals surface area contributed by atoms with Crippen molar-refractivity contribution in [2.45, 2.75) is 6.18 Å². The summed E-state index contributed by atoms with van der Waals surface area (Å²) in [5.74, 6) is 6.23. The van der Waals surface area contributed by atoms with E-state index < -0.39 is 11.7 Å². The number of pyridine rings is 1. The molecule has 0 radical (unpaired) electrons. The normalized spacial score (nSPS) is 11.2. The van der Waals surface area contributed by atoms with Gasteiger partial charge >= 0.3 is 6.18 Å². The smallest absolute Gasteiger partial charge is 0.293 e. The molecule has 21 heavy (non-hydrogen) atoms. The molecule has 2 aromatic heterocycles. The minimum atomic E-state index is -4.33. The van der Waals surface area contributed by atoms with Crippen LogP contribution in [0, 0.1) is 11.8 Å². The number of nitrogens with zero attached hydrogens (tertiary/aromatic N) is 2. The van der Waals surface area contributed by atoms with E-state index in [0.717, 1.165) is 17.6 Å². The highest BCUT2D eigenvalue weighted by Gasteiger charge is 2.29. The van der Waals surface area contributed by atoms with Gasteiger partial charge in [-0.25, -0.2) is 4.98 Å². The third kappa shape index (κ3) is 2.75. The molecule has 104 valence electrons. The van der Waals surface area contributed by atoms with Gasteiger partial charge in [-0.2, -0.15) is 13.2 Å². The van der Waals surface area contributed by atoms with E-state index in [0.29, 0.717) is 11.4 Å². The van der Waals surface area contributed by atoms with Crippen LogP contribution >= 0.6 is 0 Å². The minimum Gasteiger partial charge on any atom is -0.293 e. The molecule has 0 atom stereocenters. The van der Waals surface area contributed by atoms with Crippen molar-refractivity contribution in [3.05, 3.63) is 71.8 Å². The van der Waals surface area contributed by atoms with Crippen molar-refractivity contribution >= 4 is 5.52 Å². The summed E-state index contributed by atoms with van der Waals surface area (Å²) in [6.07, 6.45) is -0.804. The summed E-state index contributed by atoms with van der Waals surface area (Å²) in [4.78, 5) is 4.18. The summed E-state index contributed by atoms with van der Waals surface area (Å²) in [7, 11) is 0.